The van der Waals surface area contributed by atoms with Crippen molar-refractivity contribution in [1.29, 1.82) is 0 Å². The van der Waals surface area contributed by atoms with Crippen molar-refractivity contribution >= 4 is 11.6 Å². The predicted molar refractivity (Wildman–Crippen MR) is 106 cm³/mol. The van der Waals surface area contributed by atoms with Gasteiger partial charge in [0.2, 0.25) is 5.88 Å². The Hall–Kier alpha value is -4.14. The Morgan fingerprint density at radius 1 is 1.00 bits per heavy atom. The van der Waals surface area contributed by atoms with Gasteiger partial charge in [-0.3, -0.25) is 9.78 Å². The van der Waals surface area contributed by atoms with Crippen LogP contribution in [0.5, 0.6) is 11.6 Å². The quantitative estimate of drug-likeness (QED) is 0.437. The number of anilines is 1. The third-order valence-electron chi connectivity index (χ3n) is 4.16. The topological polar surface area (TPSA) is 77.2 Å². The number of alkyl halides is 3. The molecule has 156 valence electrons. The number of amides is 1. The molecule has 2 aromatic carbocycles. The molecule has 2 aromatic heterocycles. The van der Waals surface area contributed by atoms with E-state index in [1.807, 2.05) is 0 Å². The molecule has 1 amide bonds. The molecule has 6 nitrogen and oxygen atoms in total. The third kappa shape index (κ3) is 4.89. The molecule has 9 heteroatoms. The Morgan fingerprint density at radius 3 is 2.61 bits per heavy atom. The molecule has 4 aromatic rings. The Labute approximate surface area is 174 Å². The first-order valence-corrected chi connectivity index (χ1v) is 9.01. The molecule has 0 saturated heterocycles. The molecular weight excluding hydrogens is 411 g/mol. The van der Waals surface area contributed by atoms with Crippen LogP contribution in [0.2, 0.25) is 0 Å². The predicted octanol–water partition coefficient (Wildman–Crippen LogP) is 5.80. The zero-order chi connectivity index (χ0) is 21.8. The van der Waals surface area contributed by atoms with Gasteiger partial charge in [-0.1, -0.05) is 18.2 Å². The highest BCUT2D eigenvalue weighted by Gasteiger charge is 2.30. The number of hydrogen-bond donors (Lipinski definition) is 1. The van der Waals surface area contributed by atoms with Gasteiger partial charge in [0.1, 0.15) is 11.5 Å². The molecule has 0 radical (unpaired) electrons. The minimum absolute atomic E-state index is 0.0485. The summed E-state index contributed by atoms with van der Waals surface area (Å²) in [6.07, 6.45) is -0.0228. The number of benzene rings is 2. The highest BCUT2D eigenvalue weighted by atomic mass is 19.4. The Bertz CT molecular complexity index is 1210. The Morgan fingerprint density at radius 2 is 1.84 bits per heavy atom. The number of halogens is 3. The van der Waals surface area contributed by atoms with E-state index >= 15 is 0 Å². The highest BCUT2D eigenvalue weighted by Crippen LogP contribution is 2.32. The molecule has 4 rings (SSSR count). The first kappa shape index (κ1) is 20.1. The largest absolute Gasteiger partial charge is 0.451 e. The Balaban J connectivity index is 1.48. The monoisotopic (exact) mass is 425 g/mol. The van der Waals surface area contributed by atoms with Crippen molar-refractivity contribution in [2.45, 2.75) is 6.18 Å². The van der Waals surface area contributed by atoms with Gasteiger partial charge in [0, 0.05) is 29.7 Å². The van der Waals surface area contributed by atoms with Crippen molar-refractivity contribution in [3.8, 4) is 23.0 Å². The first-order chi connectivity index (χ1) is 14.9. The number of carbonyl (C=O) groups excluding carboxylic acids is 1. The van der Waals surface area contributed by atoms with Crippen LogP contribution in [0.4, 0.5) is 18.9 Å². The van der Waals surface area contributed by atoms with Gasteiger partial charge in [0.05, 0.1) is 11.8 Å². The van der Waals surface area contributed by atoms with Crippen LogP contribution in [0, 0.1) is 0 Å². The van der Waals surface area contributed by atoms with Crippen molar-refractivity contribution in [3.05, 3.63) is 90.6 Å². The number of aromatic nitrogens is 2. The van der Waals surface area contributed by atoms with Gasteiger partial charge in [-0.05, 0) is 36.4 Å². The van der Waals surface area contributed by atoms with Crippen LogP contribution in [0.25, 0.3) is 11.3 Å². The standard InChI is InChI=1S/C22H14F3N3O3/c23-22(24,25)15-4-1-3-14(11-15)18-7-8-19(31-18)21(29)28-16-5-2-6-17(12-16)30-20-13-26-9-10-27-20/h1-13H,(H,28,29). The molecule has 0 unspecified atom stereocenters. The molecule has 1 N–H and O–H groups in total. The summed E-state index contributed by atoms with van der Waals surface area (Å²) in [5.74, 6) is 0.267. The molecule has 0 bridgehead atoms. The van der Waals surface area contributed by atoms with Crippen molar-refractivity contribution in [3.63, 3.8) is 0 Å². The first-order valence-electron chi connectivity index (χ1n) is 9.01. The van der Waals surface area contributed by atoms with Crippen molar-refractivity contribution < 1.29 is 27.1 Å². The van der Waals surface area contributed by atoms with E-state index in [0.29, 0.717) is 17.3 Å². The second-order valence-electron chi connectivity index (χ2n) is 6.37. The van der Waals surface area contributed by atoms with Crippen molar-refractivity contribution in [2.75, 3.05) is 5.32 Å². The van der Waals surface area contributed by atoms with Gasteiger partial charge in [-0.15, -0.1) is 0 Å². The van der Waals surface area contributed by atoms with E-state index in [2.05, 4.69) is 15.3 Å². The van der Waals surface area contributed by atoms with E-state index in [1.165, 1.54) is 42.9 Å². The lowest BCUT2D eigenvalue weighted by Crippen LogP contribution is -2.10. The Kier molecular flexibility index (Phi) is 5.40. The summed E-state index contributed by atoms with van der Waals surface area (Å²) < 4.78 is 49.8. The summed E-state index contributed by atoms with van der Waals surface area (Å²) in [6.45, 7) is 0. The van der Waals surface area contributed by atoms with Gasteiger partial charge in [-0.25, -0.2) is 4.98 Å². The summed E-state index contributed by atoms with van der Waals surface area (Å²) >= 11 is 0. The van der Waals surface area contributed by atoms with Gasteiger partial charge in [0.15, 0.2) is 5.76 Å². The lowest BCUT2D eigenvalue weighted by atomic mass is 10.1. The summed E-state index contributed by atoms with van der Waals surface area (Å²) in [4.78, 5) is 20.4. The van der Waals surface area contributed by atoms with E-state index in [9.17, 15) is 18.0 Å². The summed E-state index contributed by atoms with van der Waals surface area (Å²) in [5.41, 5.74) is -0.149. The molecule has 0 aliphatic carbocycles. The average molecular weight is 425 g/mol. The second kappa shape index (κ2) is 8.31. The molecule has 0 atom stereocenters. The molecule has 0 aliphatic rings. The van der Waals surface area contributed by atoms with Gasteiger partial charge >= 0.3 is 6.18 Å². The molecular formula is C22H14F3N3O3. The van der Waals surface area contributed by atoms with Crippen LogP contribution in [-0.2, 0) is 6.18 Å². The van der Waals surface area contributed by atoms with E-state index in [1.54, 1.807) is 24.3 Å². The van der Waals surface area contributed by atoms with Crippen molar-refractivity contribution in [2.24, 2.45) is 0 Å². The lowest BCUT2D eigenvalue weighted by molar-refractivity contribution is -0.137. The maximum absolute atomic E-state index is 12.9. The summed E-state index contributed by atoms with van der Waals surface area (Å²) in [6, 6.07) is 14.1. The highest BCUT2D eigenvalue weighted by molar-refractivity contribution is 6.02. The fraction of sp³-hybridized carbons (Fsp3) is 0.0455. The lowest BCUT2D eigenvalue weighted by Gasteiger charge is -2.08. The third-order valence-corrected chi connectivity index (χ3v) is 4.16. The van der Waals surface area contributed by atoms with Gasteiger partial charge in [-0.2, -0.15) is 13.2 Å². The molecule has 0 fully saturated rings. The molecule has 2 heterocycles. The van der Waals surface area contributed by atoms with E-state index < -0.39 is 17.6 Å². The van der Waals surface area contributed by atoms with Crippen molar-refractivity contribution in [1.82, 2.24) is 9.97 Å². The number of rotatable bonds is 5. The number of carbonyl (C=O) groups is 1. The number of ether oxygens (including phenoxy) is 1. The minimum Gasteiger partial charge on any atom is -0.451 e. The SMILES string of the molecule is O=C(Nc1cccc(Oc2cnccn2)c1)c1ccc(-c2cccc(C(F)(F)F)c2)o1. The number of furan rings is 1. The minimum atomic E-state index is -4.47. The van der Waals surface area contributed by atoms with Crippen LogP contribution in [0.3, 0.4) is 0 Å². The fourth-order valence-corrected chi connectivity index (χ4v) is 2.75. The normalized spacial score (nSPS) is 11.2. The maximum atomic E-state index is 12.9. The molecule has 0 aliphatic heterocycles. The van der Waals surface area contributed by atoms with Gasteiger partial charge in [0.25, 0.3) is 5.91 Å². The van der Waals surface area contributed by atoms with Crippen LogP contribution in [0.1, 0.15) is 16.1 Å². The van der Waals surface area contributed by atoms with Crippen LogP contribution in [-0.4, -0.2) is 15.9 Å². The maximum Gasteiger partial charge on any atom is 0.416 e. The fourth-order valence-electron chi connectivity index (χ4n) is 2.75. The zero-order valence-corrected chi connectivity index (χ0v) is 15.8. The average Bonchev–Trinajstić information content (AvgIpc) is 3.25. The number of nitrogens with one attached hydrogen (secondary N) is 1. The summed E-state index contributed by atoms with van der Waals surface area (Å²) in [5, 5.41) is 2.66. The van der Waals surface area contributed by atoms with E-state index in [-0.39, 0.29) is 17.1 Å². The van der Waals surface area contributed by atoms with E-state index in [0.717, 1.165) is 12.1 Å². The molecule has 0 saturated carbocycles. The van der Waals surface area contributed by atoms with E-state index in [4.69, 9.17) is 9.15 Å². The van der Waals surface area contributed by atoms with Gasteiger partial charge < -0.3 is 14.5 Å². The van der Waals surface area contributed by atoms with Crippen LogP contribution >= 0.6 is 0 Å². The van der Waals surface area contributed by atoms with Crippen LogP contribution in [0.15, 0.2) is 83.7 Å². The zero-order valence-electron chi connectivity index (χ0n) is 15.8. The second-order valence-corrected chi connectivity index (χ2v) is 6.37. The summed E-state index contributed by atoms with van der Waals surface area (Å²) in [7, 11) is 0. The molecule has 31 heavy (non-hydrogen) atoms. The number of nitrogens with zero attached hydrogens (tertiary/aromatic N) is 2. The number of hydrogen-bond acceptors (Lipinski definition) is 5. The smallest absolute Gasteiger partial charge is 0.416 e. The molecule has 0 spiro atoms. The van der Waals surface area contributed by atoms with Crippen LogP contribution < -0.4 is 10.1 Å².